The first-order valence-corrected chi connectivity index (χ1v) is 5.79. The highest BCUT2D eigenvalue weighted by Gasteiger charge is 2.12. The Bertz CT molecular complexity index is 436. The fourth-order valence-corrected chi connectivity index (χ4v) is 1.61. The Morgan fingerprint density at radius 1 is 0.889 bits per heavy atom. The lowest BCUT2D eigenvalue weighted by atomic mass is 10.1. The van der Waals surface area contributed by atoms with Crippen LogP contribution in [0, 0.1) is 0 Å². The molecule has 0 fully saturated rings. The maximum absolute atomic E-state index is 11.0. The fraction of sp³-hybridized carbons (Fsp3) is 0.286. The van der Waals surface area contributed by atoms with Gasteiger partial charge in [-0.3, -0.25) is 9.59 Å². The van der Waals surface area contributed by atoms with Gasteiger partial charge in [-0.1, -0.05) is 0 Å². The van der Waals surface area contributed by atoms with Crippen LogP contribution in [0.15, 0.2) is 48.0 Å². The zero-order valence-electron chi connectivity index (χ0n) is 10.1. The van der Waals surface area contributed by atoms with Gasteiger partial charge in [-0.25, -0.2) is 0 Å². The number of ether oxygens (including phenoxy) is 2. The summed E-state index contributed by atoms with van der Waals surface area (Å²) in [6, 6.07) is 0. The molecule has 0 saturated heterocycles. The van der Waals surface area contributed by atoms with E-state index in [1.54, 1.807) is 31.2 Å². The minimum atomic E-state index is -0.474. The molecule has 2 aliphatic rings. The van der Waals surface area contributed by atoms with Crippen LogP contribution in [0.1, 0.15) is 19.8 Å². The molecule has 0 aromatic rings. The average Bonchev–Trinajstić information content (AvgIpc) is 2.35. The Labute approximate surface area is 105 Å². The number of carbonyl (C=O) groups excluding carboxylic acids is 2. The van der Waals surface area contributed by atoms with E-state index in [4.69, 9.17) is 9.47 Å². The molecule has 0 aromatic carbocycles. The Morgan fingerprint density at radius 2 is 1.33 bits per heavy atom. The molecule has 18 heavy (non-hydrogen) atoms. The molecule has 0 heterocycles. The number of ketones is 2. The number of hydrogen-bond acceptors (Lipinski definition) is 4. The topological polar surface area (TPSA) is 52.6 Å². The normalized spacial score (nSPS) is 18.8. The van der Waals surface area contributed by atoms with Crippen LogP contribution >= 0.6 is 0 Å². The molecule has 4 heteroatoms. The summed E-state index contributed by atoms with van der Waals surface area (Å²) in [7, 11) is 0. The van der Waals surface area contributed by atoms with E-state index in [1.165, 1.54) is 12.2 Å². The van der Waals surface area contributed by atoms with Crippen LogP contribution < -0.4 is 0 Å². The number of carbonyl (C=O) groups is 2. The monoisotopic (exact) mass is 246 g/mol. The van der Waals surface area contributed by atoms with Gasteiger partial charge in [0.05, 0.1) is 0 Å². The first-order valence-electron chi connectivity index (χ1n) is 5.79. The average molecular weight is 246 g/mol. The van der Waals surface area contributed by atoms with Crippen LogP contribution in [-0.4, -0.2) is 17.9 Å². The molecule has 0 saturated carbocycles. The van der Waals surface area contributed by atoms with Gasteiger partial charge in [0.1, 0.15) is 11.5 Å². The molecule has 2 aliphatic carbocycles. The van der Waals surface area contributed by atoms with Gasteiger partial charge < -0.3 is 9.47 Å². The smallest absolute Gasteiger partial charge is 0.238 e. The van der Waals surface area contributed by atoms with Crippen molar-refractivity contribution < 1.29 is 19.1 Å². The van der Waals surface area contributed by atoms with Gasteiger partial charge in [-0.15, -0.1) is 0 Å². The highest BCUT2D eigenvalue weighted by Crippen LogP contribution is 2.16. The number of allylic oxidation sites excluding steroid dienone is 6. The maximum Gasteiger partial charge on any atom is 0.238 e. The Balaban J connectivity index is 1.84. The van der Waals surface area contributed by atoms with Gasteiger partial charge in [-0.2, -0.15) is 0 Å². The van der Waals surface area contributed by atoms with Crippen LogP contribution in [0.5, 0.6) is 0 Å². The lowest BCUT2D eigenvalue weighted by Gasteiger charge is -2.19. The van der Waals surface area contributed by atoms with Gasteiger partial charge in [-0.05, 0) is 36.5 Å². The minimum Gasteiger partial charge on any atom is -0.456 e. The van der Waals surface area contributed by atoms with E-state index < -0.39 is 6.29 Å². The van der Waals surface area contributed by atoms with E-state index in [1.807, 2.05) is 0 Å². The Kier molecular flexibility index (Phi) is 3.77. The molecule has 0 amide bonds. The van der Waals surface area contributed by atoms with Gasteiger partial charge in [0.15, 0.2) is 11.6 Å². The molecular weight excluding hydrogens is 232 g/mol. The molecule has 0 aliphatic heterocycles. The van der Waals surface area contributed by atoms with Crippen molar-refractivity contribution in [1.29, 1.82) is 0 Å². The van der Waals surface area contributed by atoms with E-state index in [-0.39, 0.29) is 11.6 Å². The predicted octanol–water partition coefficient (Wildman–Crippen LogP) is 2.19. The lowest BCUT2D eigenvalue weighted by molar-refractivity contribution is -0.114. The first kappa shape index (κ1) is 12.4. The van der Waals surface area contributed by atoms with E-state index in [9.17, 15) is 9.59 Å². The maximum atomic E-state index is 11.0. The van der Waals surface area contributed by atoms with Gasteiger partial charge in [0.25, 0.3) is 0 Å². The van der Waals surface area contributed by atoms with Crippen molar-refractivity contribution in [3.63, 3.8) is 0 Å². The Morgan fingerprint density at radius 3 is 1.67 bits per heavy atom. The van der Waals surface area contributed by atoms with Crippen LogP contribution in [0.25, 0.3) is 0 Å². The van der Waals surface area contributed by atoms with Gasteiger partial charge in [0.2, 0.25) is 6.29 Å². The van der Waals surface area contributed by atoms with Crippen molar-refractivity contribution in [3.05, 3.63) is 48.0 Å². The van der Waals surface area contributed by atoms with Crippen molar-refractivity contribution in [2.75, 3.05) is 0 Å². The van der Waals surface area contributed by atoms with Crippen molar-refractivity contribution in [2.45, 2.75) is 26.1 Å². The standard InChI is InChI=1S/C14H14O4/c1-10(17-13-6-2-11(15)3-7-13)18-14-8-4-12(16)5-9-14/h2,4,6-10H,3,5H2,1H3. The molecule has 0 atom stereocenters. The molecule has 0 unspecified atom stereocenters. The molecule has 2 rings (SSSR count). The highest BCUT2D eigenvalue weighted by atomic mass is 16.7. The molecule has 4 nitrogen and oxygen atoms in total. The molecular formula is C14H14O4. The van der Waals surface area contributed by atoms with Crippen LogP contribution in [0.3, 0.4) is 0 Å². The SMILES string of the molecule is CC(OC1=CCC(=O)C=C1)OC1=CCC(=O)C=C1. The lowest BCUT2D eigenvalue weighted by Crippen LogP contribution is -2.14. The second-order valence-electron chi connectivity index (χ2n) is 4.02. The second kappa shape index (κ2) is 5.49. The number of hydrogen-bond donors (Lipinski definition) is 0. The third kappa shape index (κ3) is 3.45. The third-order valence-corrected chi connectivity index (χ3v) is 2.48. The van der Waals surface area contributed by atoms with Gasteiger partial charge >= 0.3 is 0 Å². The zero-order chi connectivity index (χ0) is 13.0. The van der Waals surface area contributed by atoms with Crippen LogP contribution in [0.2, 0.25) is 0 Å². The Hall–Kier alpha value is -2.10. The number of rotatable bonds is 4. The second-order valence-corrected chi connectivity index (χ2v) is 4.02. The van der Waals surface area contributed by atoms with Gasteiger partial charge in [0, 0.05) is 19.8 Å². The first-order chi connectivity index (χ1) is 8.63. The largest absolute Gasteiger partial charge is 0.456 e. The van der Waals surface area contributed by atoms with E-state index in [0.717, 1.165) is 0 Å². The van der Waals surface area contributed by atoms with Crippen molar-refractivity contribution >= 4 is 11.6 Å². The summed E-state index contributed by atoms with van der Waals surface area (Å²) in [5.41, 5.74) is 0. The minimum absolute atomic E-state index is 0.0624. The van der Waals surface area contributed by atoms with Crippen LogP contribution in [0.4, 0.5) is 0 Å². The molecule has 0 aromatic heterocycles. The molecule has 0 radical (unpaired) electrons. The third-order valence-electron chi connectivity index (χ3n) is 2.48. The summed E-state index contributed by atoms with van der Waals surface area (Å²) in [5, 5.41) is 0. The summed E-state index contributed by atoms with van der Waals surface area (Å²) in [6.45, 7) is 1.76. The molecule has 0 bridgehead atoms. The van der Waals surface area contributed by atoms with Crippen molar-refractivity contribution in [2.24, 2.45) is 0 Å². The van der Waals surface area contributed by atoms with E-state index in [0.29, 0.717) is 24.4 Å². The van der Waals surface area contributed by atoms with E-state index >= 15 is 0 Å². The summed E-state index contributed by atoms with van der Waals surface area (Å²) in [4.78, 5) is 21.9. The predicted molar refractivity (Wildman–Crippen MR) is 65.3 cm³/mol. The van der Waals surface area contributed by atoms with E-state index in [2.05, 4.69) is 0 Å². The quantitative estimate of drug-likeness (QED) is 0.713. The molecule has 0 spiro atoms. The summed E-state index contributed by atoms with van der Waals surface area (Å²) in [5.74, 6) is 1.37. The van der Waals surface area contributed by atoms with Crippen molar-refractivity contribution in [1.82, 2.24) is 0 Å². The van der Waals surface area contributed by atoms with Crippen LogP contribution in [-0.2, 0) is 19.1 Å². The zero-order valence-corrected chi connectivity index (χ0v) is 10.1. The molecule has 94 valence electrons. The fourth-order valence-electron chi connectivity index (χ4n) is 1.61. The summed E-state index contributed by atoms with van der Waals surface area (Å²) in [6.07, 6.45) is 9.90. The highest BCUT2D eigenvalue weighted by molar-refractivity contribution is 5.92. The summed E-state index contributed by atoms with van der Waals surface area (Å²) >= 11 is 0. The van der Waals surface area contributed by atoms with Crippen molar-refractivity contribution in [3.8, 4) is 0 Å². The molecule has 0 N–H and O–H groups in total. The summed E-state index contributed by atoms with van der Waals surface area (Å²) < 4.78 is 11.0.